The van der Waals surface area contributed by atoms with E-state index in [1.807, 2.05) is 29.6 Å². The zero-order valence-corrected chi connectivity index (χ0v) is 69.6. The van der Waals surface area contributed by atoms with Gasteiger partial charge in [0.2, 0.25) is 70.9 Å². The molecule has 121 heavy (non-hydrogen) atoms. The van der Waals surface area contributed by atoms with E-state index in [0.717, 1.165) is 21.4 Å². The molecular formula is C75H119N25O20S. The molecule has 1 aliphatic heterocycles. The zero-order chi connectivity index (χ0) is 90.3. The van der Waals surface area contributed by atoms with E-state index in [1.54, 1.807) is 47.1 Å². The number of nitrogens with one attached hydrogen (secondary N) is 19. The number of H-pyrrole nitrogens is 2. The van der Waals surface area contributed by atoms with Crippen molar-refractivity contribution in [2.24, 2.45) is 40.7 Å². The third kappa shape index (κ3) is 34.5. The number of aromatic nitrogens is 3. The standard InChI is InChI=1S/C75H119N25O20S/c1-8-38(5)58(70(117)95-51(32-55(103)104)66(113)92-48(24-29-121-7)63(110)96-52(72(119)120)33-56(105)106)98-67(114)53-21-15-28-100(53)71(118)49(22-23-54(101)102)93-69(116)59(39(6)9-2)99-68(115)57(37(3)4)97-64(111)47(20-14-27-86-75(81)82)90-61(108)45(18-12-25-84-73(77)78)89-62(109)46(19-13-26-85-74(79)80)91-65(112)50(31-41-35-83-36-88-41)94-60(107)43(76)30-40-34-87-44-17-11-10-16-42(40)44/h10-11,16-17,34-39,43,45-53,57-59,87H,8-9,12-15,18-33,76H2,1-7H3,(H,83,88)(H,89,109)(H,90,108)(H,91,112)(H,92,113)(H,93,116)(H,94,107)(H,95,117)(H,96,110)(H,97,111)(H,98,114)(H,99,115)(H,101,102)(H,103,104)(H,105,106)(H,119,120)(H4,77,78,84)(H4,79,80,85)(H4,81,82,86)/t38-,39-,43-,45-,46-,47-,48-,49-,50-,51-,52-,53-,57-,58-,59-/m0/s1. The number of benzene rings is 1. The quantitative estimate of drug-likeness (QED) is 0.0144. The van der Waals surface area contributed by atoms with Crippen LogP contribution in [0.3, 0.4) is 0 Å². The minimum absolute atomic E-state index is 0.00327. The number of nitrogens with zero attached hydrogens (tertiary/aromatic N) is 2. The Morgan fingerprint density at radius 3 is 1.43 bits per heavy atom. The number of thioether (sulfide) groups is 1. The van der Waals surface area contributed by atoms with Gasteiger partial charge in [-0.1, -0.05) is 72.6 Å². The molecule has 31 N–H and O–H groups in total. The fourth-order valence-corrected chi connectivity index (χ4v) is 13.5. The molecule has 0 saturated carbocycles. The van der Waals surface area contributed by atoms with Gasteiger partial charge in [-0.15, -0.1) is 0 Å². The molecule has 0 radical (unpaired) electrons. The summed E-state index contributed by atoms with van der Waals surface area (Å²) in [4.78, 5) is 232. The van der Waals surface area contributed by atoms with Crippen LogP contribution in [0, 0.1) is 34.0 Å². The Morgan fingerprint density at radius 2 is 0.959 bits per heavy atom. The van der Waals surface area contributed by atoms with Crippen LogP contribution in [0.25, 0.3) is 10.9 Å². The van der Waals surface area contributed by atoms with Gasteiger partial charge < -0.3 is 133 Å². The summed E-state index contributed by atoms with van der Waals surface area (Å²) >= 11 is 1.21. The molecule has 3 heterocycles. The number of hydrogen-bond donors (Lipinski definition) is 27. The third-order valence-electron chi connectivity index (χ3n) is 20.1. The van der Waals surface area contributed by atoms with Gasteiger partial charge in [0.15, 0.2) is 17.9 Å². The van der Waals surface area contributed by atoms with Crippen LogP contribution in [0.5, 0.6) is 0 Å². The molecule has 1 fully saturated rings. The van der Waals surface area contributed by atoms with Crippen LogP contribution in [-0.4, -0.2) is 270 Å². The highest BCUT2D eigenvalue weighted by molar-refractivity contribution is 7.98. The normalized spacial score (nSPS) is 15.9. The van der Waals surface area contributed by atoms with Gasteiger partial charge >= 0.3 is 23.9 Å². The number of fused-ring (bicyclic) bond motifs is 1. The van der Waals surface area contributed by atoms with Crippen molar-refractivity contribution in [3.05, 3.63) is 54.2 Å². The number of carbonyl (C=O) groups excluding carboxylic acids is 12. The van der Waals surface area contributed by atoms with Crippen LogP contribution in [0.1, 0.15) is 149 Å². The Labute approximate surface area is 702 Å². The minimum Gasteiger partial charge on any atom is -0.481 e. The Balaban J connectivity index is 1.62. The van der Waals surface area contributed by atoms with Crippen molar-refractivity contribution >= 4 is 135 Å². The topological polar surface area (TPSA) is 746 Å². The van der Waals surface area contributed by atoms with E-state index < -0.39 is 235 Å². The van der Waals surface area contributed by atoms with Gasteiger partial charge in [-0.3, -0.25) is 88.1 Å². The second-order valence-corrected chi connectivity index (χ2v) is 30.8. The molecule has 1 aromatic carbocycles. The van der Waals surface area contributed by atoms with Crippen LogP contribution in [0.2, 0.25) is 0 Å². The lowest BCUT2D eigenvalue weighted by molar-refractivity contribution is -0.147. The smallest absolute Gasteiger partial charge is 0.326 e. The number of carboxylic acid groups (broad SMARTS) is 4. The number of aliphatic carboxylic acids is 4. The molecular weight excluding hydrogens is 1600 g/mol. The fraction of sp³-hybridized carbons (Fsp3) is 0.600. The van der Waals surface area contributed by atoms with E-state index >= 15 is 0 Å². The lowest BCUT2D eigenvalue weighted by atomic mass is 9.95. The van der Waals surface area contributed by atoms with E-state index in [-0.39, 0.29) is 115 Å². The highest BCUT2D eigenvalue weighted by atomic mass is 32.2. The highest BCUT2D eigenvalue weighted by Crippen LogP contribution is 2.24. The molecule has 15 atom stereocenters. The summed E-state index contributed by atoms with van der Waals surface area (Å²) in [6.07, 6.45) is 2.59. The number of likely N-dealkylation sites (tertiary alicyclic amines) is 1. The fourth-order valence-electron chi connectivity index (χ4n) is 13.0. The Hall–Kier alpha value is -12.4. The van der Waals surface area contributed by atoms with Crippen molar-refractivity contribution in [2.45, 2.75) is 229 Å². The first kappa shape index (κ1) is 101. The summed E-state index contributed by atoms with van der Waals surface area (Å²) in [5.74, 6) is -21.4. The summed E-state index contributed by atoms with van der Waals surface area (Å²) in [5, 5.41) is 98.4. The number of aromatic amines is 2. The summed E-state index contributed by atoms with van der Waals surface area (Å²) in [7, 11) is 0. The minimum atomic E-state index is -1.93. The maximum absolute atomic E-state index is 14.9. The van der Waals surface area contributed by atoms with Crippen LogP contribution in [0.4, 0.5) is 0 Å². The summed E-state index contributed by atoms with van der Waals surface area (Å²) in [5.41, 5.74) is 25.1. The van der Waals surface area contributed by atoms with Gasteiger partial charge in [-0.25, -0.2) is 9.78 Å². The number of para-hydroxylation sites is 1. The second kappa shape index (κ2) is 51.2. The van der Waals surface area contributed by atoms with Crippen molar-refractivity contribution in [3.8, 4) is 0 Å². The SMILES string of the molecule is CC[C@H](C)[C@H](NC(=O)[C@@H](NC(=O)[C@H](CCCNC(=N)N)NC(=O)[C@H](CCCNC(=N)N)NC(=O)[C@H](CCCNC(=N)N)NC(=O)[C@H](Cc1cnc[nH]1)NC(=O)[C@@H](N)Cc1c[nH]c2ccccc12)C(C)C)C(=O)N[C@@H](CCC(=O)O)C(=O)N1CCC[C@H]1C(=O)N[C@H](C(=O)N[C@@H](CC(=O)O)C(=O)N[C@@H](CCSC)C(=O)N[C@@H](CC(=O)O)C(=O)O)[C@@H](C)CC. The summed E-state index contributed by atoms with van der Waals surface area (Å²) < 4.78 is 0. The molecule has 46 heteroatoms. The molecule has 0 unspecified atom stereocenters. The Bertz CT molecular complexity index is 4090. The lowest BCUT2D eigenvalue weighted by Crippen LogP contribution is -2.62. The molecule has 4 rings (SSSR count). The first-order valence-electron chi connectivity index (χ1n) is 39.7. The van der Waals surface area contributed by atoms with Gasteiger partial charge in [0.25, 0.3) is 0 Å². The first-order valence-corrected chi connectivity index (χ1v) is 41.1. The zero-order valence-electron chi connectivity index (χ0n) is 68.8. The molecule has 2 aromatic heterocycles. The summed E-state index contributed by atoms with van der Waals surface area (Å²) in [6.45, 7) is 9.41. The van der Waals surface area contributed by atoms with E-state index in [2.05, 4.69) is 84.1 Å². The van der Waals surface area contributed by atoms with E-state index in [1.165, 1.54) is 31.2 Å². The Morgan fingerprint density at radius 1 is 0.521 bits per heavy atom. The van der Waals surface area contributed by atoms with Gasteiger partial charge in [0.05, 0.1) is 25.2 Å². The average molecular weight is 1720 g/mol. The number of hydrogen-bond acceptors (Lipinski definition) is 22. The predicted molar refractivity (Wildman–Crippen MR) is 441 cm³/mol. The van der Waals surface area contributed by atoms with E-state index in [0.29, 0.717) is 5.69 Å². The van der Waals surface area contributed by atoms with Crippen LogP contribution >= 0.6 is 11.8 Å². The van der Waals surface area contributed by atoms with Gasteiger partial charge in [0, 0.05) is 68.0 Å². The van der Waals surface area contributed by atoms with Crippen LogP contribution < -0.4 is 97.4 Å². The molecule has 0 spiro atoms. The molecule has 1 aliphatic rings. The number of imidazole rings is 1. The average Bonchev–Trinajstić information content (AvgIpc) is 1.72. The monoisotopic (exact) mass is 1720 g/mol. The summed E-state index contributed by atoms with van der Waals surface area (Å²) in [6, 6.07) is -12.8. The third-order valence-corrected chi connectivity index (χ3v) is 20.7. The largest absolute Gasteiger partial charge is 0.481 e. The predicted octanol–water partition coefficient (Wildman–Crippen LogP) is -4.48. The maximum Gasteiger partial charge on any atom is 0.326 e. The number of amides is 12. The van der Waals surface area contributed by atoms with Gasteiger partial charge in [0.1, 0.15) is 72.5 Å². The number of carbonyl (C=O) groups is 16. The molecule has 3 aromatic rings. The van der Waals surface area contributed by atoms with Crippen LogP contribution in [-0.2, 0) is 89.6 Å². The highest BCUT2D eigenvalue weighted by Gasteiger charge is 2.43. The number of rotatable bonds is 55. The number of carboxylic acids is 4. The molecule has 45 nitrogen and oxygen atoms in total. The van der Waals surface area contributed by atoms with Crippen molar-refractivity contribution in [2.75, 3.05) is 38.2 Å². The van der Waals surface area contributed by atoms with Gasteiger partial charge in [-0.05, 0) is 112 Å². The molecule has 0 aliphatic carbocycles. The van der Waals surface area contributed by atoms with E-state index in [9.17, 15) is 97.1 Å². The maximum atomic E-state index is 14.9. The van der Waals surface area contributed by atoms with Crippen molar-refractivity contribution in [3.63, 3.8) is 0 Å². The Kier molecular flexibility index (Phi) is 42.7. The van der Waals surface area contributed by atoms with Crippen molar-refractivity contribution < 1.29 is 97.1 Å². The molecule has 670 valence electrons. The first-order chi connectivity index (χ1) is 57.2. The molecule has 0 bridgehead atoms. The van der Waals surface area contributed by atoms with E-state index in [4.69, 9.17) is 39.2 Å². The number of guanidine groups is 3. The molecule has 12 amide bonds. The molecule has 1 saturated heterocycles. The second-order valence-electron chi connectivity index (χ2n) is 29.8. The number of nitrogens with two attached hydrogens (primary N) is 4. The van der Waals surface area contributed by atoms with Crippen molar-refractivity contribution in [1.82, 2.24) is 94.3 Å². The van der Waals surface area contributed by atoms with Crippen LogP contribution in [0.15, 0.2) is 43.0 Å². The van der Waals surface area contributed by atoms with Crippen molar-refractivity contribution in [1.29, 1.82) is 16.2 Å². The van der Waals surface area contributed by atoms with Gasteiger partial charge in [-0.2, -0.15) is 11.8 Å². The lowest BCUT2D eigenvalue weighted by Gasteiger charge is -2.33.